The smallest absolute Gasteiger partial charge is 0.257 e. The van der Waals surface area contributed by atoms with Crippen LogP contribution < -0.4 is 0 Å². The Bertz CT molecular complexity index is 579. The Balaban J connectivity index is 2.00. The van der Waals surface area contributed by atoms with Crippen LogP contribution in [0.3, 0.4) is 0 Å². The van der Waals surface area contributed by atoms with Crippen LogP contribution in [-0.4, -0.2) is 52.9 Å². The fourth-order valence-corrected chi connectivity index (χ4v) is 3.15. The number of rotatable bonds is 4. The molecule has 0 spiro atoms. The topological polar surface area (TPSA) is 60.9 Å². The van der Waals surface area contributed by atoms with E-state index in [1.807, 2.05) is 18.7 Å². The lowest BCUT2D eigenvalue weighted by Crippen LogP contribution is -2.44. The van der Waals surface area contributed by atoms with Gasteiger partial charge in [-0.1, -0.05) is 11.6 Å². The van der Waals surface area contributed by atoms with Gasteiger partial charge in [-0.3, -0.25) is 9.59 Å². The lowest BCUT2D eigenvalue weighted by molar-refractivity contribution is -0.136. The van der Waals surface area contributed by atoms with Gasteiger partial charge in [0, 0.05) is 37.1 Å². The van der Waals surface area contributed by atoms with Crippen LogP contribution in [0.5, 0.6) is 5.75 Å². The van der Waals surface area contributed by atoms with E-state index in [0.717, 1.165) is 0 Å². The van der Waals surface area contributed by atoms with E-state index in [9.17, 15) is 14.7 Å². The summed E-state index contributed by atoms with van der Waals surface area (Å²) in [6.45, 7) is 6.41. The summed E-state index contributed by atoms with van der Waals surface area (Å²) in [5.74, 6) is -0.154. The molecule has 1 heterocycles. The number of phenolic OH excluding ortho intramolecular Hbond substituents is 1. The van der Waals surface area contributed by atoms with Crippen LogP contribution in [0.15, 0.2) is 18.2 Å². The number of piperidine rings is 1. The molecule has 0 aliphatic carbocycles. The zero-order chi connectivity index (χ0) is 17.0. The van der Waals surface area contributed by atoms with Crippen molar-refractivity contribution in [3.05, 3.63) is 28.8 Å². The first-order chi connectivity index (χ1) is 11.0. The minimum atomic E-state index is -0.237. The molecule has 1 aliphatic rings. The minimum Gasteiger partial charge on any atom is -0.507 e. The normalized spacial score (nSPS) is 15.5. The van der Waals surface area contributed by atoms with Crippen LogP contribution in [-0.2, 0) is 4.79 Å². The number of amides is 2. The molecule has 0 atom stereocenters. The van der Waals surface area contributed by atoms with Crippen LogP contribution in [0.4, 0.5) is 0 Å². The largest absolute Gasteiger partial charge is 0.507 e. The molecule has 1 fully saturated rings. The van der Waals surface area contributed by atoms with E-state index in [-0.39, 0.29) is 29.0 Å². The standard InChI is InChI=1S/C17H23ClN2O3/c1-3-19(4-2)16(22)12-7-9-20(10-8-12)17(23)14-11-13(18)5-6-15(14)21/h5-6,11-12,21H,3-4,7-10H2,1-2H3. The first kappa shape index (κ1) is 17.6. The molecule has 1 N–H and O–H groups in total. The summed E-state index contributed by atoms with van der Waals surface area (Å²) in [6, 6.07) is 4.45. The maximum absolute atomic E-state index is 12.5. The second kappa shape index (κ2) is 7.68. The number of aromatic hydroxyl groups is 1. The highest BCUT2D eigenvalue weighted by Gasteiger charge is 2.30. The molecule has 126 valence electrons. The fourth-order valence-electron chi connectivity index (χ4n) is 2.97. The number of benzene rings is 1. The van der Waals surface area contributed by atoms with Gasteiger partial charge in [-0.2, -0.15) is 0 Å². The van der Waals surface area contributed by atoms with Gasteiger partial charge in [0.15, 0.2) is 0 Å². The molecule has 1 aliphatic heterocycles. The van der Waals surface area contributed by atoms with Gasteiger partial charge in [-0.15, -0.1) is 0 Å². The molecular formula is C17H23ClN2O3. The lowest BCUT2D eigenvalue weighted by Gasteiger charge is -2.33. The summed E-state index contributed by atoms with van der Waals surface area (Å²) in [6.07, 6.45) is 1.31. The number of phenols is 1. The Labute approximate surface area is 141 Å². The zero-order valence-corrected chi connectivity index (χ0v) is 14.3. The van der Waals surface area contributed by atoms with Gasteiger partial charge >= 0.3 is 0 Å². The molecule has 1 saturated heterocycles. The Morgan fingerprint density at radius 1 is 1.26 bits per heavy atom. The molecule has 0 bridgehead atoms. The van der Waals surface area contributed by atoms with Crippen LogP contribution in [0, 0.1) is 5.92 Å². The highest BCUT2D eigenvalue weighted by Crippen LogP contribution is 2.26. The number of nitrogens with zero attached hydrogens (tertiary/aromatic N) is 2. The van der Waals surface area contributed by atoms with Crippen molar-refractivity contribution in [2.45, 2.75) is 26.7 Å². The molecular weight excluding hydrogens is 316 g/mol. The van der Waals surface area contributed by atoms with E-state index in [2.05, 4.69) is 0 Å². The van der Waals surface area contributed by atoms with Crippen molar-refractivity contribution in [3.63, 3.8) is 0 Å². The van der Waals surface area contributed by atoms with Crippen molar-refractivity contribution in [2.24, 2.45) is 5.92 Å². The first-order valence-corrected chi connectivity index (χ1v) is 8.42. The molecule has 0 aromatic heterocycles. The monoisotopic (exact) mass is 338 g/mol. The maximum Gasteiger partial charge on any atom is 0.257 e. The molecule has 5 nitrogen and oxygen atoms in total. The number of carbonyl (C=O) groups excluding carboxylic acids is 2. The summed E-state index contributed by atoms with van der Waals surface area (Å²) < 4.78 is 0. The summed E-state index contributed by atoms with van der Waals surface area (Å²) in [4.78, 5) is 28.4. The van der Waals surface area contributed by atoms with E-state index in [1.165, 1.54) is 12.1 Å². The van der Waals surface area contributed by atoms with Crippen LogP contribution in [0.2, 0.25) is 5.02 Å². The number of hydrogen-bond acceptors (Lipinski definition) is 3. The molecule has 0 unspecified atom stereocenters. The predicted molar refractivity (Wildman–Crippen MR) is 89.7 cm³/mol. The average molecular weight is 339 g/mol. The average Bonchev–Trinajstić information content (AvgIpc) is 2.57. The Morgan fingerprint density at radius 3 is 2.43 bits per heavy atom. The molecule has 1 aromatic carbocycles. The van der Waals surface area contributed by atoms with Gasteiger partial charge in [0.1, 0.15) is 5.75 Å². The number of carbonyl (C=O) groups is 2. The molecule has 23 heavy (non-hydrogen) atoms. The van der Waals surface area contributed by atoms with Gasteiger partial charge in [0.2, 0.25) is 5.91 Å². The highest BCUT2D eigenvalue weighted by atomic mass is 35.5. The quantitative estimate of drug-likeness (QED) is 0.918. The zero-order valence-electron chi connectivity index (χ0n) is 13.6. The minimum absolute atomic E-state index is 0.0214. The fraction of sp³-hybridized carbons (Fsp3) is 0.529. The molecule has 6 heteroatoms. The number of halogens is 1. The Kier molecular flexibility index (Phi) is 5.88. The second-order valence-electron chi connectivity index (χ2n) is 5.74. The van der Waals surface area contributed by atoms with E-state index in [1.54, 1.807) is 11.0 Å². The van der Waals surface area contributed by atoms with E-state index in [4.69, 9.17) is 11.6 Å². The molecule has 0 saturated carbocycles. The second-order valence-corrected chi connectivity index (χ2v) is 6.17. The van der Waals surface area contributed by atoms with Crippen LogP contribution in [0.1, 0.15) is 37.0 Å². The maximum atomic E-state index is 12.5. The van der Waals surface area contributed by atoms with Crippen molar-refractivity contribution in [1.29, 1.82) is 0 Å². The number of hydrogen-bond donors (Lipinski definition) is 1. The van der Waals surface area contributed by atoms with Crippen molar-refractivity contribution in [1.82, 2.24) is 9.80 Å². The molecule has 2 rings (SSSR count). The Hall–Kier alpha value is -1.75. The van der Waals surface area contributed by atoms with Crippen molar-refractivity contribution in [3.8, 4) is 5.75 Å². The third kappa shape index (κ3) is 3.96. The van der Waals surface area contributed by atoms with Crippen LogP contribution >= 0.6 is 11.6 Å². The van der Waals surface area contributed by atoms with Gasteiger partial charge in [-0.25, -0.2) is 0 Å². The summed E-state index contributed by atoms with van der Waals surface area (Å²) in [7, 11) is 0. The van der Waals surface area contributed by atoms with E-state index in [0.29, 0.717) is 44.0 Å². The first-order valence-electron chi connectivity index (χ1n) is 8.04. The third-order valence-corrected chi connectivity index (χ3v) is 4.63. The number of likely N-dealkylation sites (tertiary alicyclic amines) is 1. The highest BCUT2D eigenvalue weighted by molar-refractivity contribution is 6.31. The van der Waals surface area contributed by atoms with Crippen molar-refractivity contribution in [2.75, 3.05) is 26.2 Å². The third-order valence-electron chi connectivity index (χ3n) is 4.40. The lowest BCUT2D eigenvalue weighted by atomic mass is 9.94. The summed E-state index contributed by atoms with van der Waals surface area (Å²) in [5, 5.41) is 10.3. The SMILES string of the molecule is CCN(CC)C(=O)C1CCN(C(=O)c2cc(Cl)ccc2O)CC1. The molecule has 2 amide bonds. The van der Waals surface area contributed by atoms with Gasteiger partial charge in [0.05, 0.1) is 5.56 Å². The summed E-state index contributed by atoms with van der Waals surface area (Å²) >= 11 is 5.90. The van der Waals surface area contributed by atoms with Gasteiger partial charge in [0.25, 0.3) is 5.91 Å². The van der Waals surface area contributed by atoms with Gasteiger partial charge < -0.3 is 14.9 Å². The molecule has 1 aromatic rings. The van der Waals surface area contributed by atoms with Crippen LogP contribution in [0.25, 0.3) is 0 Å². The summed E-state index contributed by atoms with van der Waals surface area (Å²) in [5.41, 5.74) is 0.214. The molecule has 0 radical (unpaired) electrons. The van der Waals surface area contributed by atoms with E-state index < -0.39 is 0 Å². The van der Waals surface area contributed by atoms with Gasteiger partial charge in [-0.05, 0) is 44.9 Å². The van der Waals surface area contributed by atoms with Crippen molar-refractivity contribution >= 4 is 23.4 Å². The van der Waals surface area contributed by atoms with E-state index >= 15 is 0 Å². The predicted octanol–water partition coefficient (Wildman–Crippen LogP) is 2.77. The van der Waals surface area contributed by atoms with Crippen molar-refractivity contribution < 1.29 is 14.7 Å². The Morgan fingerprint density at radius 2 is 1.87 bits per heavy atom.